The molecule has 0 unspecified atom stereocenters. The molecule has 0 bridgehead atoms. The topological polar surface area (TPSA) is 55.4 Å². The number of sulfonamides is 1. The first-order chi connectivity index (χ1) is 10.9. The van der Waals surface area contributed by atoms with Crippen molar-refractivity contribution in [3.63, 3.8) is 0 Å². The fraction of sp³-hybridized carbons (Fsp3) is 0.294. The van der Waals surface area contributed by atoms with E-state index in [9.17, 15) is 8.42 Å². The smallest absolute Gasteiger partial charge is 0.215 e. The van der Waals surface area contributed by atoms with Crippen LogP contribution in [-0.2, 0) is 15.8 Å². The van der Waals surface area contributed by atoms with E-state index in [0.717, 1.165) is 26.9 Å². The molecule has 23 heavy (non-hydrogen) atoms. The fourth-order valence-corrected chi connectivity index (χ4v) is 3.70. The van der Waals surface area contributed by atoms with Crippen molar-refractivity contribution in [2.24, 2.45) is 0 Å². The summed E-state index contributed by atoms with van der Waals surface area (Å²) in [5.41, 5.74) is 2.96. The summed E-state index contributed by atoms with van der Waals surface area (Å²) < 4.78 is 33.2. The number of hydrogen-bond donors (Lipinski definition) is 1. The van der Waals surface area contributed by atoms with E-state index in [1.165, 1.54) is 0 Å². The highest BCUT2D eigenvalue weighted by Gasteiger charge is 2.11. The number of aryl methyl sites for hydroxylation is 1. The van der Waals surface area contributed by atoms with Crippen LogP contribution in [-0.4, -0.2) is 21.6 Å². The van der Waals surface area contributed by atoms with E-state index in [1.54, 1.807) is 12.1 Å². The van der Waals surface area contributed by atoms with Gasteiger partial charge in [-0.2, -0.15) is 0 Å². The first-order valence-electron chi connectivity index (χ1n) is 7.28. The van der Waals surface area contributed by atoms with Crippen molar-refractivity contribution >= 4 is 26.0 Å². The fourth-order valence-electron chi connectivity index (χ4n) is 2.14. The number of ether oxygens (including phenoxy) is 1. The highest BCUT2D eigenvalue weighted by atomic mass is 79.9. The van der Waals surface area contributed by atoms with Crippen molar-refractivity contribution in [1.29, 1.82) is 0 Å². The van der Waals surface area contributed by atoms with Gasteiger partial charge in [-0.25, -0.2) is 13.1 Å². The molecule has 2 aromatic rings. The summed E-state index contributed by atoms with van der Waals surface area (Å²) in [6.45, 7) is 4.54. The third-order valence-corrected chi connectivity index (χ3v) is 5.33. The maximum atomic E-state index is 12.1. The van der Waals surface area contributed by atoms with Gasteiger partial charge in [0.15, 0.2) is 0 Å². The van der Waals surface area contributed by atoms with Crippen LogP contribution in [0, 0.1) is 13.8 Å². The number of benzene rings is 2. The summed E-state index contributed by atoms with van der Waals surface area (Å²) in [4.78, 5) is 0. The lowest BCUT2D eigenvalue weighted by atomic mass is 10.1. The summed E-state index contributed by atoms with van der Waals surface area (Å²) in [5.74, 6) is 0.742. The highest BCUT2D eigenvalue weighted by Crippen LogP contribution is 2.20. The van der Waals surface area contributed by atoms with Gasteiger partial charge in [-0.3, -0.25) is 0 Å². The van der Waals surface area contributed by atoms with E-state index in [4.69, 9.17) is 4.74 Å². The molecule has 0 aromatic heterocycles. The molecule has 0 saturated heterocycles. The predicted molar refractivity (Wildman–Crippen MR) is 96.2 cm³/mol. The van der Waals surface area contributed by atoms with Gasteiger partial charge in [-0.15, -0.1) is 0 Å². The molecule has 0 atom stereocenters. The Kier molecular flexibility index (Phi) is 6.21. The summed E-state index contributed by atoms with van der Waals surface area (Å²) in [6, 6.07) is 13.1. The molecule has 6 heteroatoms. The van der Waals surface area contributed by atoms with E-state index in [-0.39, 0.29) is 12.3 Å². The van der Waals surface area contributed by atoms with Gasteiger partial charge in [-0.05, 0) is 48.7 Å². The van der Waals surface area contributed by atoms with Crippen LogP contribution in [0.3, 0.4) is 0 Å². The van der Waals surface area contributed by atoms with Crippen molar-refractivity contribution in [2.45, 2.75) is 19.6 Å². The third-order valence-electron chi connectivity index (χ3n) is 3.48. The molecule has 0 fully saturated rings. The maximum absolute atomic E-state index is 12.1. The van der Waals surface area contributed by atoms with E-state index in [2.05, 4.69) is 20.7 Å². The van der Waals surface area contributed by atoms with Crippen LogP contribution in [0.2, 0.25) is 0 Å². The Labute approximate surface area is 146 Å². The zero-order valence-corrected chi connectivity index (χ0v) is 15.6. The zero-order valence-electron chi connectivity index (χ0n) is 13.2. The molecular weight excluding hydrogens is 378 g/mol. The minimum atomic E-state index is -3.37. The summed E-state index contributed by atoms with van der Waals surface area (Å²) in [5, 5.41) is 0. The largest absolute Gasteiger partial charge is 0.492 e. The van der Waals surface area contributed by atoms with Crippen molar-refractivity contribution in [2.75, 3.05) is 13.2 Å². The molecule has 0 aliphatic rings. The van der Waals surface area contributed by atoms with Crippen LogP contribution < -0.4 is 9.46 Å². The van der Waals surface area contributed by atoms with Crippen LogP contribution in [0.1, 0.15) is 16.7 Å². The summed E-state index contributed by atoms with van der Waals surface area (Å²) in [6.07, 6.45) is 0. The van der Waals surface area contributed by atoms with Crippen LogP contribution in [0.25, 0.3) is 0 Å². The monoisotopic (exact) mass is 397 g/mol. The Balaban J connectivity index is 1.84. The van der Waals surface area contributed by atoms with Crippen LogP contribution in [0.4, 0.5) is 0 Å². The van der Waals surface area contributed by atoms with Gasteiger partial charge >= 0.3 is 0 Å². The van der Waals surface area contributed by atoms with Crippen LogP contribution in [0.15, 0.2) is 46.9 Å². The summed E-state index contributed by atoms with van der Waals surface area (Å²) in [7, 11) is -3.37. The second-order valence-corrected chi connectivity index (χ2v) is 8.05. The van der Waals surface area contributed by atoms with Gasteiger partial charge in [-0.1, -0.05) is 40.2 Å². The maximum Gasteiger partial charge on any atom is 0.215 e. The Morgan fingerprint density at radius 3 is 2.61 bits per heavy atom. The molecule has 0 spiro atoms. The van der Waals surface area contributed by atoms with Gasteiger partial charge in [0, 0.05) is 11.0 Å². The first kappa shape index (κ1) is 18.0. The van der Waals surface area contributed by atoms with Crippen molar-refractivity contribution in [3.8, 4) is 5.75 Å². The predicted octanol–water partition coefficient (Wildman–Crippen LogP) is 3.56. The molecule has 0 radical (unpaired) electrons. The molecule has 0 heterocycles. The minimum Gasteiger partial charge on any atom is -0.492 e. The van der Waals surface area contributed by atoms with Gasteiger partial charge in [0.2, 0.25) is 10.0 Å². The van der Waals surface area contributed by atoms with E-state index in [1.807, 2.05) is 44.2 Å². The minimum absolute atomic E-state index is 0.0457. The Bertz CT molecular complexity index is 775. The van der Waals surface area contributed by atoms with Crippen molar-refractivity contribution < 1.29 is 13.2 Å². The van der Waals surface area contributed by atoms with Crippen molar-refractivity contribution in [1.82, 2.24) is 4.72 Å². The summed E-state index contributed by atoms with van der Waals surface area (Å²) >= 11 is 3.34. The average molecular weight is 398 g/mol. The molecule has 0 amide bonds. The quantitative estimate of drug-likeness (QED) is 0.726. The molecule has 0 aliphatic carbocycles. The standard InChI is InChI=1S/C17H20BrNO3S/c1-13-5-3-8-17(14(13)2)22-10-9-19-23(20,21)12-15-6-4-7-16(18)11-15/h3-8,11,19H,9-10,12H2,1-2H3. The third kappa shape index (κ3) is 5.64. The molecule has 2 aromatic carbocycles. The van der Waals surface area contributed by atoms with Crippen molar-refractivity contribution in [3.05, 3.63) is 63.6 Å². The average Bonchev–Trinajstić information content (AvgIpc) is 2.47. The highest BCUT2D eigenvalue weighted by molar-refractivity contribution is 9.10. The molecule has 124 valence electrons. The molecule has 4 nitrogen and oxygen atoms in total. The van der Waals surface area contributed by atoms with Gasteiger partial charge < -0.3 is 4.74 Å². The van der Waals surface area contributed by atoms with E-state index in [0.29, 0.717) is 6.61 Å². The molecule has 2 rings (SSSR count). The van der Waals surface area contributed by atoms with Gasteiger partial charge in [0.05, 0.1) is 5.75 Å². The Morgan fingerprint density at radius 2 is 1.87 bits per heavy atom. The molecule has 0 saturated carbocycles. The SMILES string of the molecule is Cc1cccc(OCCNS(=O)(=O)Cc2cccc(Br)c2)c1C. The molecule has 1 N–H and O–H groups in total. The zero-order chi connectivity index (χ0) is 16.9. The van der Waals surface area contributed by atoms with E-state index < -0.39 is 10.0 Å². The van der Waals surface area contributed by atoms with Gasteiger partial charge in [0.1, 0.15) is 12.4 Å². The van der Waals surface area contributed by atoms with E-state index >= 15 is 0 Å². The Hall–Kier alpha value is -1.37. The normalized spacial score (nSPS) is 11.4. The lowest BCUT2D eigenvalue weighted by Gasteiger charge is -2.11. The number of halogens is 1. The van der Waals surface area contributed by atoms with Gasteiger partial charge in [0.25, 0.3) is 0 Å². The lowest BCUT2D eigenvalue weighted by molar-refractivity contribution is 0.320. The number of nitrogens with one attached hydrogen (secondary N) is 1. The second-order valence-electron chi connectivity index (χ2n) is 5.33. The number of rotatable bonds is 7. The molecule has 0 aliphatic heterocycles. The lowest BCUT2D eigenvalue weighted by Crippen LogP contribution is -2.29. The first-order valence-corrected chi connectivity index (χ1v) is 9.73. The Morgan fingerprint density at radius 1 is 1.13 bits per heavy atom. The van der Waals surface area contributed by atoms with Crippen LogP contribution >= 0.6 is 15.9 Å². The second kappa shape index (κ2) is 7.95. The molecular formula is C17H20BrNO3S. The van der Waals surface area contributed by atoms with Crippen LogP contribution in [0.5, 0.6) is 5.75 Å². The number of hydrogen-bond acceptors (Lipinski definition) is 3.